The van der Waals surface area contributed by atoms with Gasteiger partial charge in [0.05, 0.1) is 5.69 Å². The molecule has 0 aliphatic heterocycles. The van der Waals surface area contributed by atoms with E-state index in [1.165, 1.54) is 0 Å². The Morgan fingerprint density at radius 3 is 2.81 bits per heavy atom. The molecule has 2 aromatic heterocycles. The van der Waals surface area contributed by atoms with Crippen LogP contribution >= 0.6 is 11.6 Å². The molecule has 8 heteroatoms. The highest BCUT2D eigenvalue weighted by Gasteiger charge is 2.18. The lowest BCUT2D eigenvalue weighted by atomic mass is 10.2. The number of hydrogen-bond acceptors (Lipinski definition) is 3. The van der Waals surface area contributed by atoms with Gasteiger partial charge in [-0.1, -0.05) is 13.3 Å². The van der Waals surface area contributed by atoms with Crippen LogP contribution in [-0.2, 0) is 26.4 Å². The van der Waals surface area contributed by atoms with E-state index < -0.39 is 6.03 Å². The van der Waals surface area contributed by atoms with E-state index >= 15 is 0 Å². The molecule has 21 heavy (non-hydrogen) atoms. The smallest absolute Gasteiger partial charge is 0.312 e. The molecule has 0 aliphatic carbocycles. The topological polar surface area (TPSA) is 90.8 Å². The van der Waals surface area contributed by atoms with Gasteiger partial charge in [0.15, 0.2) is 5.65 Å². The first-order valence-electron chi connectivity index (χ1n) is 7.08. The first kappa shape index (κ1) is 15.6. The van der Waals surface area contributed by atoms with Crippen molar-refractivity contribution < 1.29 is 4.79 Å². The summed E-state index contributed by atoms with van der Waals surface area (Å²) >= 11 is 5.86. The second kappa shape index (κ2) is 6.80. The molecule has 2 heterocycles. The largest absolute Gasteiger partial charge is 0.352 e. The summed E-state index contributed by atoms with van der Waals surface area (Å²) in [5, 5.41) is 7.13. The van der Waals surface area contributed by atoms with Crippen molar-refractivity contribution in [2.45, 2.75) is 32.7 Å². The monoisotopic (exact) mass is 312 g/mol. The Hall–Kier alpha value is -1.76. The maximum Gasteiger partial charge on any atom is 0.312 e. The fourth-order valence-corrected chi connectivity index (χ4v) is 2.66. The summed E-state index contributed by atoms with van der Waals surface area (Å²) in [6.07, 6.45) is 2.60. The minimum absolute atomic E-state index is 0.449. The average molecular weight is 313 g/mol. The van der Waals surface area contributed by atoms with Crippen LogP contribution in [0.3, 0.4) is 0 Å². The van der Waals surface area contributed by atoms with Gasteiger partial charge in [0.25, 0.3) is 0 Å². The van der Waals surface area contributed by atoms with Crippen LogP contribution in [0.15, 0.2) is 0 Å². The summed E-state index contributed by atoms with van der Waals surface area (Å²) in [5.41, 5.74) is 8.00. The molecule has 3 N–H and O–H groups in total. The molecule has 0 aliphatic rings. The number of amides is 2. The number of nitrogens with one attached hydrogen (secondary N) is 1. The fourth-order valence-electron chi connectivity index (χ4n) is 2.49. The Kier molecular flexibility index (Phi) is 5.06. The van der Waals surface area contributed by atoms with Gasteiger partial charge in [-0.25, -0.2) is 9.78 Å². The molecule has 0 fully saturated rings. The lowest BCUT2D eigenvalue weighted by molar-refractivity contribution is 0.248. The van der Waals surface area contributed by atoms with Crippen LogP contribution in [0.5, 0.6) is 0 Å². The number of hydrogen-bond donors (Lipinski definition) is 2. The molecule has 0 saturated carbocycles. The van der Waals surface area contributed by atoms with Gasteiger partial charge in [0.1, 0.15) is 11.3 Å². The third kappa shape index (κ3) is 3.29. The van der Waals surface area contributed by atoms with E-state index in [9.17, 15) is 4.79 Å². The molecule has 7 nitrogen and oxygen atoms in total. The quantitative estimate of drug-likeness (QED) is 0.752. The number of fused-ring (bicyclic) bond motifs is 1. The molecular weight excluding hydrogens is 292 g/mol. The fraction of sp³-hybridized carbons (Fsp3) is 0.615. The number of carbonyl (C=O) groups excluding carboxylic acids is 1. The zero-order chi connectivity index (χ0) is 15.4. The highest BCUT2D eigenvalue weighted by Crippen LogP contribution is 2.21. The average Bonchev–Trinajstić information content (AvgIpc) is 2.91. The number of primary amides is 1. The molecule has 2 amide bonds. The molecule has 0 radical (unpaired) electrons. The van der Waals surface area contributed by atoms with Crippen molar-refractivity contribution in [3.05, 3.63) is 11.5 Å². The Bertz CT molecular complexity index is 632. The van der Waals surface area contributed by atoms with Crippen LogP contribution in [0.4, 0.5) is 4.79 Å². The van der Waals surface area contributed by atoms with Crippen molar-refractivity contribution in [1.29, 1.82) is 0 Å². The van der Waals surface area contributed by atoms with E-state index in [-0.39, 0.29) is 0 Å². The van der Waals surface area contributed by atoms with Crippen molar-refractivity contribution in [3.63, 3.8) is 0 Å². The summed E-state index contributed by atoms with van der Waals surface area (Å²) in [6.45, 7) is 3.16. The number of alkyl halides is 1. The second-order valence-electron chi connectivity index (χ2n) is 4.90. The van der Waals surface area contributed by atoms with Crippen LogP contribution < -0.4 is 11.1 Å². The maximum absolute atomic E-state index is 10.8. The normalized spacial score (nSPS) is 11.2. The Balaban J connectivity index is 2.38. The molecule has 116 valence electrons. The van der Waals surface area contributed by atoms with Crippen LogP contribution in [0.25, 0.3) is 11.2 Å². The van der Waals surface area contributed by atoms with E-state index in [0.29, 0.717) is 25.4 Å². The first-order valence-corrected chi connectivity index (χ1v) is 7.62. The SMILES string of the molecule is CCCc1nn(C)c2c1nc(CCCl)n2CCNC(N)=O. The molecule has 0 unspecified atom stereocenters. The number of urea groups is 1. The predicted molar refractivity (Wildman–Crippen MR) is 82.5 cm³/mol. The van der Waals surface area contributed by atoms with Crippen molar-refractivity contribution in [1.82, 2.24) is 24.6 Å². The van der Waals surface area contributed by atoms with Crippen LogP contribution in [-0.4, -0.2) is 37.8 Å². The Morgan fingerprint density at radius 2 is 2.19 bits per heavy atom. The molecule has 2 rings (SSSR count). The third-order valence-electron chi connectivity index (χ3n) is 3.31. The van der Waals surface area contributed by atoms with Gasteiger partial charge in [-0.05, 0) is 6.42 Å². The van der Waals surface area contributed by atoms with Crippen molar-refractivity contribution >= 4 is 28.8 Å². The van der Waals surface area contributed by atoms with Gasteiger partial charge in [0, 0.05) is 32.4 Å². The summed E-state index contributed by atoms with van der Waals surface area (Å²) in [6, 6.07) is -0.526. The number of nitrogens with two attached hydrogens (primary N) is 1. The van der Waals surface area contributed by atoms with E-state index in [1.54, 1.807) is 0 Å². The van der Waals surface area contributed by atoms with Gasteiger partial charge >= 0.3 is 6.03 Å². The zero-order valence-corrected chi connectivity index (χ0v) is 13.2. The summed E-state index contributed by atoms with van der Waals surface area (Å²) in [7, 11) is 1.91. The van der Waals surface area contributed by atoms with E-state index in [0.717, 1.165) is 35.5 Å². The van der Waals surface area contributed by atoms with Crippen molar-refractivity contribution in [2.24, 2.45) is 12.8 Å². The Morgan fingerprint density at radius 1 is 1.43 bits per heavy atom. The lowest BCUT2D eigenvalue weighted by Crippen LogP contribution is -2.32. The van der Waals surface area contributed by atoms with E-state index in [2.05, 4.69) is 21.9 Å². The summed E-state index contributed by atoms with van der Waals surface area (Å²) < 4.78 is 3.90. The maximum atomic E-state index is 10.8. The highest BCUT2D eigenvalue weighted by atomic mass is 35.5. The Labute approximate surface area is 128 Å². The molecule has 0 bridgehead atoms. The molecular formula is C13H21ClN6O. The number of imidazole rings is 1. The number of aryl methyl sites for hydroxylation is 3. The molecule has 0 atom stereocenters. The van der Waals surface area contributed by atoms with E-state index in [1.807, 2.05) is 11.7 Å². The van der Waals surface area contributed by atoms with Crippen LogP contribution in [0.1, 0.15) is 24.9 Å². The van der Waals surface area contributed by atoms with Gasteiger partial charge in [-0.2, -0.15) is 5.10 Å². The van der Waals surface area contributed by atoms with Crippen LogP contribution in [0, 0.1) is 0 Å². The molecule has 0 spiro atoms. The minimum atomic E-state index is -0.526. The standard InChI is InChI=1S/C13H21ClN6O/c1-3-4-9-11-12(19(2)18-9)20(8-7-16-13(15)21)10(17-11)5-6-14/h3-8H2,1-2H3,(H3,15,16,21). The van der Waals surface area contributed by atoms with Gasteiger partial charge in [-0.15, -0.1) is 11.6 Å². The first-order chi connectivity index (χ1) is 10.1. The van der Waals surface area contributed by atoms with Crippen molar-refractivity contribution in [2.75, 3.05) is 12.4 Å². The number of halogens is 1. The highest BCUT2D eigenvalue weighted by molar-refractivity contribution is 6.17. The molecule has 2 aromatic rings. The second-order valence-corrected chi connectivity index (χ2v) is 5.28. The third-order valence-corrected chi connectivity index (χ3v) is 3.50. The van der Waals surface area contributed by atoms with Crippen molar-refractivity contribution in [3.8, 4) is 0 Å². The van der Waals surface area contributed by atoms with Gasteiger partial charge < -0.3 is 15.6 Å². The summed E-state index contributed by atoms with van der Waals surface area (Å²) in [4.78, 5) is 15.5. The lowest BCUT2D eigenvalue weighted by Gasteiger charge is -2.09. The predicted octanol–water partition coefficient (Wildman–Crippen LogP) is 1.17. The van der Waals surface area contributed by atoms with Crippen LogP contribution in [0.2, 0.25) is 0 Å². The summed E-state index contributed by atoms with van der Waals surface area (Å²) in [5.74, 6) is 1.42. The number of aromatic nitrogens is 4. The molecule has 0 saturated heterocycles. The minimum Gasteiger partial charge on any atom is -0.352 e. The number of carbonyl (C=O) groups is 1. The van der Waals surface area contributed by atoms with Gasteiger partial charge in [0.2, 0.25) is 0 Å². The molecule has 0 aromatic carbocycles. The number of rotatable bonds is 7. The van der Waals surface area contributed by atoms with E-state index in [4.69, 9.17) is 22.3 Å². The van der Waals surface area contributed by atoms with Gasteiger partial charge in [-0.3, -0.25) is 4.68 Å². The number of nitrogens with zero attached hydrogens (tertiary/aromatic N) is 4. The zero-order valence-electron chi connectivity index (χ0n) is 12.4.